The third-order valence-corrected chi connectivity index (χ3v) is 4.02. The molecule has 1 heterocycles. The van der Waals surface area contributed by atoms with Crippen molar-refractivity contribution >= 4 is 11.6 Å². The van der Waals surface area contributed by atoms with E-state index in [4.69, 9.17) is 22.1 Å². The zero-order chi connectivity index (χ0) is 13.1. The molecular formula is C14H21ClN2O. The smallest absolute Gasteiger partial charge is 0.137 e. The van der Waals surface area contributed by atoms with E-state index in [0.29, 0.717) is 10.9 Å². The van der Waals surface area contributed by atoms with Gasteiger partial charge in [0, 0.05) is 19.1 Å². The summed E-state index contributed by atoms with van der Waals surface area (Å²) in [5.41, 5.74) is 7.32. The highest BCUT2D eigenvalue weighted by molar-refractivity contribution is 6.32. The van der Waals surface area contributed by atoms with Gasteiger partial charge in [0.05, 0.1) is 12.1 Å². The molecule has 1 fully saturated rings. The van der Waals surface area contributed by atoms with Crippen molar-refractivity contribution in [2.24, 2.45) is 11.7 Å². The summed E-state index contributed by atoms with van der Waals surface area (Å²) in [7, 11) is 1.63. The molecule has 0 bridgehead atoms. The summed E-state index contributed by atoms with van der Waals surface area (Å²) < 4.78 is 5.16. The van der Waals surface area contributed by atoms with Gasteiger partial charge in [-0.2, -0.15) is 0 Å². The molecule has 1 aromatic rings. The van der Waals surface area contributed by atoms with E-state index in [1.165, 1.54) is 12.0 Å². The number of likely N-dealkylation sites (tertiary alicyclic amines) is 1. The predicted molar refractivity (Wildman–Crippen MR) is 75.0 cm³/mol. The molecule has 0 amide bonds. The van der Waals surface area contributed by atoms with Crippen LogP contribution >= 0.6 is 11.6 Å². The third-order valence-electron chi connectivity index (χ3n) is 3.72. The lowest BCUT2D eigenvalue weighted by Gasteiger charge is -2.35. The molecule has 2 atom stereocenters. The fourth-order valence-electron chi connectivity index (χ4n) is 2.38. The van der Waals surface area contributed by atoms with Gasteiger partial charge in [0.15, 0.2) is 0 Å². The van der Waals surface area contributed by atoms with E-state index in [9.17, 15) is 0 Å². The van der Waals surface area contributed by atoms with Gasteiger partial charge in [-0.25, -0.2) is 0 Å². The van der Waals surface area contributed by atoms with Gasteiger partial charge < -0.3 is 10.5 Å². The molecule has 18 heavy (non-hydrogen) atoms. The van der Waals surface area contributed by atoms with Crippen LogP contribution in [0.3, 0.4) is 0 Å². The number of methoxy groups -OCH3 is 1. The number of hydrogen-bond acceptors (Lipinski definition) is 3. The van der Waals surface area contributed by atoms with Crippen molar-refractivity contribution in [1.29, 1.82) is 0 Å². The van der Waals surface area contributed by atoms with Crippen molar-refractivity contribution in [2.45, 2.75) is 25.9 Å². The maximum Gasteiger partial charge on any atom is 0.137 e. The summed E-state index contributed by atoms with van der Waals surface area (Å²) in [4.78, 5) is 2.39. The molecule has 3 nitrogen and oxygen atoms in total. The SMILES string of the molecule is COc1ccc(CN2CCC(C)C(N)C2)cc1Cl. The monoisotopic (exact) mass is 268 g/mol. The van der Waals surface area contributed by atoms with E-state index in [-0.39, 0.29) is 6.04 Å². The first-order valence-corrected chi connectivity index (χ1v) is 6.78. The Balaban J connectivity index is 1.99. The first kappa shape index (κ1) is 13.7. The average Bonchev–Trinajstić information content (AvgIpc) is 2.34. The number of nitrogens with zero attached hydrogens (tertiary/aromatic N) is 1. The molecule has 1 aliphatic rings. The van der Waals surface area contributed by atoms with Crippen LogP contribution in [-0.2, 0) is 6.54 Å². The maximum absolute atomic E-state index is 6.13. The topological polar surface area (TPSA) is 38.5 Å². The first-order chi connectivity index (χ1) is 8.60. The second kappa shape index (κ2) is 5.91. The number of rotatable bonds is 3. The molecule has 0 aliphatic carbocycles. The van der Waals surface area contributed by atoms with Gasteiger partial charge in [0.2, 0.25) is 0 Å². The quantitative estimate of drug-likeness (QED) is 0.916. The number of hydrogen-bond donors (Lipinski definition) is 1. The lowest BCUT2D eigenvalue weighted by molar-refractivity contribution is 0.162. The molecular weight excluding hydrogens is 248 g/mol. The third kappa shape index (κ3) is 3.16. The van der Waals surface area contributed by atoms with E-state index < -0.39 is 0 Å². The Morgan fingerprint density at radius 3 is 2.89 bits per heavy atom. The Labute approximate surface area is 114 Å². The van der Waals surface area contributed by atoms with Gasteiger partial charge >= 0.3 is 0 Å². The van der Waals surface area contributed by atoms with E-state index in [1.807, 2.05) is 12.1 Å². The van der Waals surface area contributed by atoms with Crippen LogP contribution in [0.2, 0.25) is 5.02 Å². The van der Waals surface area contributed by atoms with Crippen molar-refractivity contribution in [3.8, 4) is 5.75 Å². The molecule has 0 spiro atoms. The summed E-state index contributed by atoms with van der Waals surface area (Å²) in [5, 5.41) is 0.671. The highest BCUT2D eigenvalue weighted by Gasteiger charge is 2.22. The van der Waals surface area contributed by atoms with Crippen LogP contribution in [0.5, 0.6) is 5.75 Å². The number of ether oxygens (including phenoxy) is 1. The molecule has 1 saturated heterocycles. The van der Waals surface area contributed by atoms with E-state index in [1.54, 1.807) is 7.11 Å². The van der Waals surface area contributed by atoms with Crippen LogP contribution in [0.4, 0.5) is 0 Å². The van der Waals surface area contributed by atoms with Crippen LogP contribution in [0.1, 0.15) is 18.9 Å². The second-order valence-corrected chi connectivity index (χ2v) is 5.54. The molecule has 0 radical (unpaired) electrons. The minimum Gasteiger partial charge on any atom is -0.495 e. The lowest BCUT2D eigenvalue weighted by Crippen LogP contribution is -2.47. The van der Waals surface area contributed by atoms with Gasteiger partial charge in [-0.3, -0.25) is 4.90 Å². The second-order valence-electron chi connectivity index (χ2n) is 5.13. The largest absolute Gasteiger partial charge is 0.495 e. The van der Waals surface area contributed by atoms with Crippen molar-refractivity contribution in [1.82, 2.24) is 4.90 Å². The molecule has 2 N–H and O–H groups in total. The minimum atomic E-state index is 0.285. The summed E-state index contributed by atoms with van der Waals surface area (Å²) in [6.07, 6.45) is 1.17. The van der Waals surface area contributed by atoms with Gasteiger partial charge in [-0.1, -0.05) is 24.6 Å². The van der Waals surface area contributed by atoms with Crippen molar-refractivity contribution in [3.63, 3.8) is 0 Å². The molecule has 0 saturated carbocycles. The molecule has 1 aromatic carbocycles. The molecule has 1 aliphatic heterocycles. The number of piperidine rings is 1. The van der Waals surface area contributed by atoms with Gasteiger partial charge in [-0.15, -0.1) is 0 Å². The summed E-state index contributed by atoms with van der Waals surface area (Å²) in [5.74, 6) is 1.35. The van der Waals surface area contributed by atoms with E-state index >= 15 is 0 Å². The molecule has 2 rings (SSSR count). The van der Waals surface area contributed by atoms with Crippen molar-refractivity contribution < 1.29 is 4.74 Å². The first-order valence-electron chi connectivity index (χ1n) is 6.40. The van der Waals surface area contributed by atoms with Crippen LogP contribution in [0.15, 0.2) is 18.2 Å². The maximum atomic E-state index is 6.13. The average molecular weight is 269 g/mol. The highest BCUT2D eigenvalue weighted by Crippen LogP contribution is 2.26. The summed E-state index contributed by atoms with van der Waals surface area (Å²) in [6.45, 7) is 5.21. The molecule has 100 valence electrons. The standard InChI is InChI=1S/C14H21ClN2O/c1-10-5-6-17(9-13(10)16)8-11-3-4-14(18-2)12(15)7-11/h3-4,7,10,13H,5-6,8-9,16H2,1-2H3. The highest BCUT2D eigenvalue weighted by atomic mass is 35.5. The molecule has 2 unspecified atom stereocenters. The molecule has 4 heteroatoms. The van der Waals surface area contributed by atoms with Crippen molar-refractivity contribution in [3.05, 3.63) is 28.8 Å². The van der Waals surface area contributed by atoms with Crippen LogP contribution < -0.4 is 10.5 Å². The predicted octanol–water partition coefficient (Wildman–Crippen LogP) is 2.52. The summed E-state index contributed by atoms with van der Waals surface area (Å²) in [6, 6.07) is 6.25. The Hall–Kier alpha value is -0.770. The normalized spacial score (nSPS) is 25.1. The minimum absolute atomic E-state index is 0.285. The Kier molecular flexibility index (Phi) is 4.49. The number of nitrogens with two attached hydrogens (primary N) is 1. The molecule has 0 aromatic heterocycles. The fraction of sp³-hybridized carbons (Fsp3) is 0.571. The van der Waals surface area contributed by atoms with Gasteiger partial charge in [-0.05, 0) is 36.6 Å². The Morgan fingerprint density at radius 2 is 2.28 bits per heavy atom. The zero-order valence-corrected chi connectivity index (χ0v) is 11.8. The van der Waals surface area contributed by atoms with E-state index in [2.05, 4.69) is 17.9 Å². The van der Waals surface area contributed by atoms with Crippen molar-refractivity contribution in [2.75, 3.05) is 20.2 Å². The summed E-state index contributed by atoms with van der Waals surface area (Å²) >= 11 is 6.13. The Morgan fingerprint density at radius 1 is 1.50 bits per heavy atom. The Bertz CT molecular complexity index is 411. The zero-order valence-electron chi connectivity index (χ0n) is 11.0. The van der Waals surface area contributed by atoms with Gasteiger partial charge in [0.25, 0.3) is 0 Å². The lowest BCUT2D eigenvalue weighted by atomic mass is 9.94. The van der Waals surface area contributed by atoms with Crippen LogP contribution in [-0.4, -0.2) is 31.1 Å². The van der Waals surface area contributed by atoms with Crippen LogP contribution in [0, 0.1) is 5.92 Å². The van der Waals surface area contributed by atoms with E-state index in [0.717, 1.165) is 25.4 Å². The van der Waals surface area contributed by atoms with Crippen LogP contribution in [0.25, 0.3) is 0 Å². The number of benzene rings is 1. The fourth-order valence-corrected chi connectivity index (χ4v) is 2.66. The number of halogens is 1. The van der Waals surface area contributed by atoms with Gasteiger partial charge in [0.1, 0.15) is 5.75 Å².